The van der Waals surface area contributed by atoms with Crippen LogP contribution in [-0.4, -0.2) is 21.6 Å². The van der Waals surface area contributed by atoms with E-state index in [9.17, 15) is 0 Å². The number of aryl methyl sites for hydroxylation is 1. The minimum absolute atomic E-state index is 0.384. The fraction of sp³-hybridized carbons (Fsp3) is 0.364. The van der Waals surface area contributed by atoms with Gasteiger partial charge in [-0.3, -0.25) is 0 Å². The molecule has 0 spiro atoms. The minimum Gasteiger partial charge on any atom is -0.463 e. The molecule has 17 heavy (non-hydrogen) atoms. The molecule has 0 atom stereocenters. The summed E-state index contributed by atoms with van der Waals surface area (Å²) in [5.41, 5.74) is 9.18. The molecule has 2 N–H and O–H groups in total. The molecular formula is C11H14N4OS. The SMILES string of the molecule is Cc1ncsc1CCOc1nccc(CN)n1. The van der Waals surface area contributed by atoms with Crippen LogP contribution in [0, 0.1) is 6.92 Å². The van der Waals surface area contributed by atoms with Gasteiger partial charge in [0.15, 0.2) is 0 Å². The Kier molecular flexibility index (Phi) is 4.00. The number of aromatic nitrogens is 3. The molecule has 2 rings (SSSR count). The van der Waals surface area contributed by atoms with Gasteiger partial charge in [-0.15, -0.1) is 11.3 Å². The van der Waals surface area contributed by atoms with Crippen molar-refractivity contribution < 1.29 is 4.74 Å². The molecule has 0 aromatic carbocycles. The lowest BCUT2D eigenvalue weighted by Crippen LogP contribution is -2.06. The number of hydrogen-bond donors (Lipinski definition) is 1. The summed E-state index contributed by atoms with van der Waals surface area (Å²) in [5, 5.41) is 0. The number of rotatable bonds is 5. The second-order valence-electron chi connectivity index (χ2n) is 3.49. The first kappa shape index (κ1) is 11.9. The van der Waals surface area contributed by atoms with Gasteiger partial charge in [0.25, 0.3) is 0 Å². The molecule has 5 nitrogen and oxygen atoms in total. The van der Waals surface area contributed by atoms with Gasteiger partial charge in [0, 0.05) is 24.0 Å². The Balaban J connectivity index is 1.87. The van der Waals surface area contributed by atoms with Gasteiger partial charge in [-0.2, -0.15) is 4.98 Å². The van der Waals surface area contributed by atoms with Crippen molar-refractivity contribution in [1.29, 1.82) is 0 Å². The van der Waals surface area contributed by atoms with Crippen LogP contribution in [0.3, 0.4) is 0 Å². The maximum absolute atomic E-state index is 5.49. The molecule has 0 fully saturated rings. The maximum atomic E-state index is 5.49. The Morgan fingerprint density at radius 2 is 2.29 bits per heavy atom. The fourth-order valence-corrected chi connectivity index (χ4v) is 2.12. The number of thiazole rings is 1. The van der Waals surface area contributed by atoms with Gasteiger partial charge in [-0.05, 0) is 13.0 Å². The van der Waals surface area contributed by atoms with Gasteiger partial charge in [0.1, 0.15) is 0 Å². The van der Waals surface area contributed by atoms with Crippen LogP contribution in [-0.2, 0) is 13.0 Å². The zero-order valence-corrected chi connectivity index (χ0v) is 10.4. The number of nitrogens with zero attached hydrogens (tertiary/aromatic N) is 3. The van der Waals surface area contributed by atoms with Crippen LogP contribution < -0.4 is 10.5 Å². The lowest BCUT2D eigenvalue weighted by molar-refractivity contribution is 0.295. The quantitative estimate of drug-likeness (QED) is 0.866. The van der Waals surface area contributed by atoms with E-state index in [4.69, 9.17) is 10.5 Å². The van der Waals surface area contributed by atoms with E-state index in [2.05, 4.69) is 15.0 Å². The van der Waals surface area contributed by atoms with Crippen LogP contribution in [0.1, 0.15) is 16.3 Å². The second kappa shape index (κ2) is 5.70. The number of ether oxygens (including phenoxy) is 1. The topological polar surface area (TPSA) is 73.9 Å². The zero-order valence-electron chi connectivity index (χ0n) is 9.59. The smallest absolute Gasteiger partial charge is 0.316 e. The highest BCUT2D eigenvalue weighted by molar-refractivity contribution is 7.09. The standard InChI is InChI=1S/C11H14N4OS/c1-8-10(17-7-14-8)3-5-16-11-13-4-2-9(6-12)15-11/h2,4,7H,3,5-6,12H2,1H3. The molecule has 2 aromatic rings. The highest BCUT2D eigenvalue weighted by Crippen LogP contribution is 2.13. The van der Waals surface area contributed by atoms with Gasteiger partial charge in [-0.25, -0.2) is 9.97 Å². The monoisotopic (exact) mass is 250 g/mol. The van der Waals surface area contributed by atoms with E-state index in [0.29, 0.717) is 19.2 Å². The number of nitrogens with two attached hydrogens (primary N) is 1. The Morgan fingerprint density at radius 1 is 1.41 bits per heavy atom. The summed E-state index contributed by atoms with van der Waals surface area (Å²) in [7, 11) is 0. The van der Waals surface area contributed by atoms with E-state index in [1.165, 1.54) is 4.88 Å². The zero-order chi connectivity index (χ0) is 12.1. The van der Waals surface area contributed by atoms with Crippen molar-refractivity contribution in [2.24, 2.45) is 5.73 Å². The van der Waals surface area contributed by atoms with Gasteiger partial charge < -0.3 is 10.5 Å². The molecular weight excluding hydrogens is 236 g/mol. The molecule has 0 aliphatic heterocycles. The van der Waals surface area contributed by atoms with E-state index >= 15 is 0 Å². The summed E-state index contributed by atoms with van der Waals surface area (Å²) >= 11 is 1.64. The van der Waals surface area contributed by atoms with Gasteiger partial charge >= 0.3 is 6.01 Å². The molecule has 0 saturated heterocycles. The van der Waals surface area contributed by atoms with Crippen molar-refractivity contribution in [3.8, 4) is 6.01 Å². The van der Waals surface area contributed by atoms with Crippen molar-refractivity contribution in [3.63, 3.8) is 0 Å². The molecule has 0 saturated carbocycles. The predicted molar refractivity (Wildman–Crippen MR) is 66.0 cm³/mol. The van der Waals surface area contributed by atoms with E-state index in [1.54, 1.807) is 23.6 Å². The lowest BCUT2D eigenvalue weighted by Gasteiger charge is -2.04. The van der Waals surface area contributed by atoms with Crippen LogP contribution in [0.2, 0.25) is 0 Å². The third-order valence-corrected chi connectivity index (χ3v) is 3.30. The molecule has 0 aliphatic carbocycles. The molecule has 90 valence electrons. The van der Waals surface area contributed by atoms with Gasteiger partial charge in [-0.1, -0.05) is 0 Å². The van der Waals surface area contributed by atoms with E-state index in [1.807, 2.05) is 12.4 Å². The third-order valence-electron chi connectivity index (χ3n) is 2.31. The summed E-state index contributed by atoms with van der Waals surface area (Å²) in [6.07, 6.45) is 2.48. The molecule has 0 amide bonds. The Labute approximate surface area is 104 Å². The van der Waals surface area contributed by atoms with E-state index in [-0.39, 0.29) is 0 Å². The number of hydrogen-bond acceptors (Lipinski definition) is 6. The van der Waals surface area contributed by atoms with E-state index in [0.717, 1.165) is 17.8 Å². The molecule has 0 radical (unpaired) electrons. The average molecular weight is 250 g/mol. The molecule has 0 bridgehead atoms. The Hall–Kier alpha value is -1.53. The highest BCUT2D eigenvalue weighted by atomic mass is 32.1. The summed E-state index contributed by atoms with van der Waals surface area (Å²) in [4.78, 5) is 13.6. The Morgan fingerprint density at radius 3 is 3.00 bits per heavy atom. The van der Waals surface area contributed by atoms with Crippen LogP contribution in [0.25, 0.3) is 0 Å². The van der Waals surface area contributed by atoms with Gasteiger partial charge in [0.2, 0.25) is 0 Å². The van der Waals surface area contributed by atoms with Crippen LogP contribution in [0.4, 0.5) is 0 Å². The van der Waals surface area contributed by atoms with E-state index < -0.39 is 0 Å². The highest BCUT2D eigenvalue weighted by Gasteiger charge is 2.03. The van der Waals surface area contributed by atoms with Crippen molar-refractivity contribution in [2.75, 3.05) is 6.61 Å². The molecule has 2 aromatic heterocycles. The molecule has 2 heterocycles. The molecule has 6 heteroatoms. The lowest BCUT2D eigenvalue weighted by atomic mass is 10.3. The van der Waals surface area contributed by atoms with Crippen LogP contribution in [0.15, 0.2) is 17.8 Å². The third kappa shape index (κ3) is 3.21. The summed E-state index contributed by atoms with van der Waals surface area (Å²) in [5.74, 6) is 0. The molecule has 0 unspecified atom stereocenters. The van der Waals surface area contributed by atoms with Crippen molar-refractivity contribution >= 4 is 11.3 Å². The maximum Gasteiger partial charge on any atom is 0.316 e. The minimum atomic E-state index is 0.384. The predicted octanol–water partition coefficient (Wildman–Crippen LogP) is 1.32. The summed E-state index contributed by atoms with van der Waals surface area (Å²) in [6, 6.07) is 2.16. The van der Waals surface area contributed by atoms with Gasteiger partial charge in [0.05, 0.1) is 23.5 Å². The first-order chi connectivity index (χ1) is 8.29. The summed E-state index contributed by atoms with van der Waals surface area (Å²) in [6.45, 7) is 2.95. The van der Waals surface area contributed by atoms with Crippen molar-refractivity contribution in [1.82, 2.24) is 15.0 Å². The first-order valence-corrected chi connectivity index (χ1v) is 6.21. The average Bonchev–Trinajstić information content (AvgIpc) is 2.76. The van der Waals surface area contributed by atoms with Crippen LogP contribution >= 0.6 is 11.3 Å². The normalized spacial score (nSPS) is 10.5. The van der Waals surface area contributed by atoms with Crippen molar-refractivity contribution in [2.45, 2.75) is 19.9 Å². The van der Waals surface area contributed by atoms with Crippen molar-refractivity contribution in [3.05, 3.63) is 34.0 Å². The summed E-state index contributed by atoms with van der Waals surface area (Å²) < 4.78 is 5.48. The Bertz CT molecular complexity index is 486. The second-order valence-corrected chi connectivity index (χ2v) is 4.43. The fourth-order valence-electron chi connectivity index (χ4n) is 1.36. The van der Waals surface area contributed by atoms with Crippen LogP contribution in [0.5, 0.6) is 6.01 Å². The largest absolute Gasteiger partial charge is 0.463 e. The molecule has 0 aliphatic rings. The first-order valence-electron chi connectivity index (χ1n) is 5.33.